The van der Waals surface area contributed by atoms with Crippen LogP contribution in [-0.4, -0.2) is 37.2 Å². The fraction of sp³-hybridized carbons (Fsp3) is 0.642. The van der Waals surface area contributed by atoms with Gasteiger partial charge in [0.15, 0.2) is 6.10 Å². The maximum atomic E-state index is 12.7. The normalized spacial score (nSPS) is 12.9. The second-order valence-corrected chi connectivity index (χ2v) is 15.4. The lowest BCUT2D eigenvalue weighted by molar-refractivity contribution is -0.167. The van der Waals surface area contributed by atoms with Gasteiger partial charge in [-0.3, -0.25) is 14.4 Å². The van der Waals surface area contributed by atoms with Gasteiger partial charge in [-0.15, -0.1) is 0 Å². The Morgan fingerprint density at radius 2 is 0.678 bits per heavy atom. The van der Waals surface area contributed by atoms with Crippen molar-refractivity contribution in [2.24, 2.45) is 0 Å². The largest absolute Gasteiger partial charge is 0.462 e. The molecule has 0 saturated carbocycles. The van der Waals surface area contributed by atoms with Crippen LogP contribution in [0.2, 0.25) is 0 Å². The fourth-order valence-corrected chi connectivity index (χ4v) is 6.15. The van der Waals surface area contributed by atoms with Crippen LogP contribution in [0.5, 0.6) is 0 Å². The third kappa shape index (κ3) is 45.3. The molecule has 0 spiro atoms. The number of carbonyl (C=O) groups is 3. The van der Waals surface area contributed by atoms with Crippen LogP contribution >= 0.6 is 0 Å². The molecule has 0 fully saturated rings. The standard InChI is InChI=1S/C53H86O6/c1-4-7-10-13-16-19-22-25-26-29-31-34-37-40-43-46-52(55)58-49-50(59-53(56)47-44-41-38-35-32-28-24-21-18-15-12-9-6-3)48-57-51(54)45-42-39-36-33-30-27-23-20-17-14-11-8-5-2/h7,9-10,12-13,15-16,18-19,21-22,24-27,30,50H,4-6,8,11,14,17,20,23,28-29,31-49H2,1-3H3/b10-7-,12-9-,16-13-,18-15-,22-19-,24-21-,26-25-,30-27-. The molecule has 59 heavy (non-hydrogen) atoms. The first-order valence-electron chi connectivity index (χ1n) is 23.8. The predicted molar refractivity (Wildman–Crippen MR) is 251 cm³/mol. The molecule has 0 saturated heterocycles. The quantitative estimate of drug-likeness (QED) is 0.0201. The van der Waals surface area contributed by atoms with Crippen molar-refractivity contribution >= 4 is 17.9 Å². The van der Waals surface area contributed by atoms with Crippen molar-refractivity contribution in [3.63, 3.8) is 0 Å². The molecule has 0 N–H and O–H groups in total. The molecule has 0 aliphatic heterocycles. The molecule has 0 amide bonds. The molecule has 0 radical (unpaired) electrons. The highest BCUT2D eigenvalue weighted by atomic mass is 16.6. The third-order valence-corrected chi connectivity index (χ3v) is 9.71. The van der Waals surface area contributed by atoms with E-state index in [-0.39, 0.29) is 31.1 Å². The number of ether oxygens (including phenoxy) is 3. The Balaban J connectivity index is 4.50. The Morgan fingerprint density at radius 3 is 1.10 bits per heavy atom. The number of hydrogen-bond acceptors (Lipinski definition) is 6. The minimum Gasteiger partial charge on any atom is -0.462 e. The van der Waals surface area contributed by atoms with Crippen molar-refractivity contribution in [2.75, 3.05) is 13.2 Å². The van der Waals surface area contributed by atoms with E-state index in [0.29, 0.717) is 19.3 Å². The Labute approximate surface area is 362 Å². The summed E-state index contributed by atoms with van der Waals surface area (Å²) in [6.07, 6.45) is 61.0. The van der Waals surface area contributed by atoms with Crippen molar-refractivity contribution in [1.82, 2.24) is 0 Å². The summed E-state index contributed by atoms with van der Waals surface area (Å²) in [6, 6.07) is 0. The molecule has 6 heteroatoms. The predicted octanol–water partition coefficient (Wildman–Crippen LogP) is 15.4. The molecule has 1 unspecified atom stereocenters. The van der Waals surface area contributed by atoms with E-state index >= 15 is 0 Å². The molecule has 0 aromatic heterocycles. The van der Waals surface area contributed by atoms with Gasteiger partial charge in [-0.25, -0.2) is 0 Å². The average Bonchev–Trinajstić information content (AvgIpc) is 3.23. The Kier molecular flexibility index (Phi) is 44.1. The van der Waals surface area contributed by atoms with E-state index in [0.717, 1.165) is 122 Å². The second-order valence-electron chi connectivity index (χ2n) is 15.4. The highest BCUT2D eigenvalue weighted by molar-refractivity contribution is 5.71. The van der Waals surface area contributed by atoms with Gasteiger partial charge in [0.1, 0.15) is 13.2 Å². The van der Waals surface area contributed by atoms with Crippen molar-refractivity contribution in [3.05, 3.63) is 97.2 Å². The minimum absolute atomic E-state index is 0.103. The average molecular weight is 819 g/mol. The Bertz CT molecular complexity index is 1220. The zero-order valence-electron chi connectivity index (χ0n) is 38.0. The summed E-state index contributed by atoms with van der Waals surface area (Å²) < 4.78 is 16.7. The van der Waals surface area contributed by atoms with Crippen LogP contribution < -0.4 is 0 Å². The lowest BCUT2D eigenvalue weighted by Crippen LogP contribution is -2.30. The van der Waals surface area contributed by atoms with E-state index in [4.69, 9.17) is 14.2 Å². The van der Waals surface area contributed by atoms with E-state index in [1.165, 1.54) is 38.5 Å². The first-order valence-corrected chi connectivity index (χ1v) is 23.8. The summed E-state index contributed by atoms with van der Waals surface area (Å²) in [7, 11) is 0. The molecular weight excluding hydrogens is 733 g/mol. The monoisotopic (exact) mass is 819 g/mol. The van der Waals surface area contributed by atoms with Crippen LogP contribution in [0.15, 0.2) is 97.2 Å². The highest BCUT2D eigenvalue weighted by Crippen LogP contribution is 2.13. The van der Waals surface area contributed by atoms with Gasteiger partial charge >= 0.3 is 17.9 Å². The van der Waals surface area contributed by atoms with E-state index in [1.54, 1.807) is 0 Å². The van der Waals surface area contributed by atoms with Crippen LogP contribution in [-0.2, 0) is 28.6 Å². The number of carbonyl (C=O) groups excluding carboxylic acids is 3. The van der Waals surface area contributed by atoms with Crippen LogP contribution in [0.3, 0.4) is 0 Å². The SMILES string of the molecule is CC\C=C/C=C\C=C/C=C\CCCCCCCC(=O)OCC(COC(=O)CCCCC/C=C\CCCCCCCC)OC(=O)CCCCCCC\C=C/C=C\C=C/CC. The summed E-state index contributed by atoms with van der Waals surface area (Å²) >= 11 is 0. The maximum Gasteiger partial charge on any atom is 0.306 e. The minimum atomic E-state index is -0.803. The second kappa shape index (κ2) is 47.0. The van der Waals surface area contributed by atoms with E-state index in [9.17, 15) is 14.4 Å². The third-order valence-electron chi connectivity index (χ3n) is 9.71. The molecule has 6 nitrogen and oxygen atoms in total. The van der Waals surface area contributed by atoms with Crippen LogP contribution in [0.1, 0.15) is 201 Å². The zero-order chi connectivity index (χ0) is 43.0. The van der Waals surface area contributed by atoms with Gasteiger partial charge in [-0.2, -0.15) is 0 Å². The van der Waals surface area contributed by atoms with Gasteiger partial charge in [0.2, 0.25) is 0 Å². The van der Waals surface area contributed by atoms with Crippen molar-refractivity contribution in [1.29, 1.82) is 0 Å². The van der Waals surface area contributed by atoms with Gasteiger partial charge < -0.3 is 14.2 Å². The summed E-state index contributed by atoms with van der Waals surface area (Å²) in [6.45, 7) is 6.28. The summed E-state index contributed by atoms with van der Waals surface area (Å²) in [5.41, 5.74) is 0. The molecule has 0 heterocycles. The number of unbranched alkanes of at least 4 members (excludes halogenated alkanes) is 19. The molecule has 334 valence electrons. The van der Waals surface area contributed by atoms with Crippen LogP contribution in [0, 0.1) is 0 Å². The van der Waals surface area contributed by atoms with Gasteiger partial charge in [-0.1, -0.05) is 195 Å². The topological polar surface area (TPSA) is 78.9 Å². The summed E-state index contributed by atoms with van der Waals surface area (Å²) in [5.74, 6) is -0.970. The Hall–Kier alpha value is -3.67. The molecule has 1 atom stereocenters. The first-order chi connectivity index (χ1) is 29.0. The van der Waals surface area contributed by atoms with E-state index < -0.39 is 6.10 Å². The molecule has 0 aromatic carbocycles. The molecule has 0 aliphatic rings. The van der Waals surface area contributed by atoms with Gasteiger partial charge in [-0.05, 0) is 83.5 Å². The van der Waals surface area contributed by atoms with E-state index in [1.807, 2.05) is 30.4 Å². The molecule has 0 bridgehead atoms. The lowest BCUT2D eigenvalue weighted by Gasteiger charge is -2.18. The number of esters is 3. The molecule has 0 aromatic rings. The van der Waals surface area contributed by atoms with Crippen LogP contribution in [0.4, 0.5) is 0 Å². The lowest BCUT2D eigenvalue weighted by atomic mass is 10.1. The van der Waals surface area contributed by atoms with Crippen molar-refractivity contribution in [3.8, 4) is 0 Å². The van der Waals surface area contributed by atoms with Crippen molar-refractivity contribution < 1.29 is 28.6 Å². The van der Waals surface area contributed by atoms with Gasteiger partial charge in [0.05, 0.1) is 0 Å². The number of allylic oxidation sites excluding steroid dienone is 16. The van der Waals surface area contributed by atoms with Gasteiger partial charge in [0.25, 0.3) is 0 Å². The van der Waals surface area contributed by atoms with E-state index in [2.05, 4.69) is 87.6 Å². The highest BCUT2D eigenvalue weighted by Gasteiger charge is 2.19. The summed E-state index contributed by atoms with van der Waals surface area (Å²) in [4.78, 5) is 37.8. The molecule has 0 rings (SSSR count). The number of rotatable bonds is 41. The van der Waals surface area contributed by atoms with Crippen molar-refractivity contribution in [2.45, 2.75) is 207 Å². The number of hydrogen-bond donors (Lipinski definition) is 0. The smallest absolute Gasteiger partial charge is 0.306 e. The zero-order valence-corrected chi connectivity index (χ0v) is 38.0. The fourth-order valence-electron chi connectivity index (χ4n) is 6.15. The molecular formula is C53H86O6. The Morgan fingerprint density at radius 1 is 0.356 bits per heavy atom. The van der Waals surface area contributed by atoms with Crippen LogP contribution in [0.25, 0.3) is 0 Å². The van der Waals surface area contributed by atoms with Gasteiger partial charge in [0, 0.05) is 19.3 Å². The maximum absolute atomic E-state index is 12.7. The summed E-state index contributed by atoms with van der Waals surface area (Å²) in [5, 5.41) is 0. The first kappa shape index (κ1) is 55.3. The molecule has 0 aliphatic carbocycles.